The summed E-state index contributed by atoms with van der Waals surface area (Å²) in [5, 5.41) is 13.9. The number of carbonyl (C=O) groups excluding carboxylic acids is 2. The molecule has 4 N–H and O–H groups in total. The molecule has 1 fully saturated rings. The molecule has 0 aromatic carbocycles. The van der Waals surface area contributed by atoms with Gasteiger partial charge in [-0.1, -0.05) is 0 Å². The summed E-state index contributed by atoms with van der Waals surface area (Å²) < 4.78 is 0. The summed E-state index contributed by atoms with van der Waals surface area (Å²) in [6.45, 7) is 2.20. The first kappa shape index (κ1) is 15.0. The molecule has 2 rings (SSSR count). The third kappa shape index (κ3) is 3.78. The Kier molecular flexibility index (Phi) is 5.11. The van der Waals surface area contributed by atoms with Gasteiger partial charge in [-0.3, -0.25) is 14.5 Å². The quantitative estimate of drug-likeness (QED) is 0.712. The Bertz CT molecular complexity index is 489. The predicted octanol–water partition coefficient (Wildman–Crippen LogP) is 0.490. The first-order valence-corrected chi connectivity index (χ1v) is 7.48. The van der Waals surface area contributed by atoms with E-state index in [1.54, 1.807) is 11.4 Å². The molecule has 1 aliphatic heterocycles. The van der Waals surface area contributed by atoms with Crippen LogP contribution in [0.1, 0.15) is 23.2 Å². The molecule has 2 amide bonds. The van der Waals surface area contributed by atoms with Crippen molar-refractivity contribution in [2.75, 3.05) is 31.6 Å². The molecular weight excluding hydrogens is 278 g/mol. The van der Waals surface area contributed by atoms with Crippen molar-refractivity contribution in [1.29, 1.82) is 0 Å². The third-order valence-electron chi connectivity index (χ3n) is 3.46. The minimum Gasteiger partial charge on any atom is -0.396 e. The molecule has 1 aromatic rings. The number of nitrogens with zero attached hydrogens (tertiary/aromatic N) is 1. The third-order valence-corrected chi connectivity index (χ3v) is 4.29. The number of hydrogen-bond acceptors (Lipinski definition) is 5. The number of primary amides is 1. The van der Waals surface area contributed by atoms with Crippen LogP contribution in [0.2, 0.25) is 0 Å². The molecule has 110 valence electrons. The molecule has 0 aliphatic carbocycles. The number of rotatable bonds is 6. The summed E-state index contributed by atoms with van der Waals surface area (Å²) >= 11 is 1.29. The van der Waals surface area contributed by atoms with Crippen LogP contribution in [0.4, 0.5) is 5.00 Å². The number of anilines is 1. The lowest BCUT2D eigenvalue weighted by Gasteiger charge is -2.15. The Morgan fingerprint density at radius 2 is 2.35 bits per heavy atom. The first-order valence-electron chi connectivity index (χ1n) is 6.60. The lowest BCUT2D eigenvalue weighted by atomic mass is 10.1. The standard InChI is InChI=1S/C13H19N3O3S/c14-12(19)10-3-6-20-13(10)15-11(18)8-16-4-1-9(7-16)2-5-17/h3,6,9,17H,1-2,4-5,7-8H2,(H2,14,19)(H,15,18). The molecule has 20 heavy (non-hydrogen) atoms. The van der Waals surface area contributed by atoms with E-state index in [-0.39, 0.29) is 12.5 Å². The number of aliphatic hydroxyl groups excluding tert-OH is 1. The number of nitrogens with one attached hydrogen (secondary N) is 1. The Hall–Kier alpha value is -1.44. The molecule has 6 nitrogen and oxygen atoms in total. The molecule has 1 unspecified atom stereocenters. The molecule has 1 aliphatic rings. The van der Waals surface area contributed by atoms with Crippen LogP contribution in [0.5, 0.6) is 0 Å². The van der Waals surface area contributed by atoms with E-state index in [2.05, 4.69) is 10.2 Å². The van der Waals surface area contributed by atoms with Gasteiger partial charge in [0.05, 0.1) is 12.1 Å². The van der Waals surface area contributed by atoms with Crippen molar-refractivity contribution in [3.8, 4) is 0 Å². The Morgan fingerprint density at radius 3 is 3.05 bits per heavy atom. The van der Waals surface area contributed by atoms with E-state index in [4.69, 9.17) is 10.8 Å². The monoisotopic (exact) mass is 297 g/mol. The van der Waals surface area contributed by atoms with Crippen molar-refractivity contribution in [3.05, 3.63) is 17.0 Å². The SMILES string of the molecule is NC(=O)c1ccsc1NC(=O)CN1CCC(CCO)C1. The molecule has 1 aromatic heterocycles. The second-order valence-electron chi connectivity index (χ2n) is 4.98. The van der Waals surface area contributed by atoms with Crippen molar-refractivity contribution < 1.29 is 14.7 Å². The van der Waals surface area contributed by atoms with E-state index in [0.717, 1.165) is 25.9 Å². The maximum Gasteiger partial charge on any atom is 0.251 e. The van der Waals surface area contributed by atoms with Crippen LogP contribution in [-0.4, -0.2) is 48.1 Å². The van der Waals surface area contributed by atoms with Crippen molar-refractivity contribution in [1.82, 2.24) is 4.90 Å². The molecule has 2 heterocycles. The van der Waals surface area contributed by atoms with E-state index in [9.17, 15) is 9.59 Å². The average molecular weight is 297 g/mol. The van der Waals surface area contributed by atoms with Gasteiger partial charge in [0.1, 0.15) is 5.00 Å². The summed E-state index contributed by atoms with van der Waals surface area (Å²) in [7, 11) is 0. The highest BCUT2D eigenvalue weighted by Gasteiger charge is 2.24. The van der Waals surface area contributed by atoms with Gasteiger partial charge in [-0.15, -0.1) is 11.3 Å². The normalized spacial score (nSPS) is 19.1. The van der Waals surface area contributed by atoms with Crippen LogP contribution >= 0.6 is 11.3 Å². The number of carbonyl (C=O) groups is 2. The van der Waals surface area contributed by atoms with Gasteiger partial charge in [-0.05, 0) is 36.8 Å². The van der Waals surface area contributed by atoms with Crippen LogP contribution in [0.3, 0.4) is 0 Å². The zero-order valence-corrected chi connectivity index (χ0v) is 12.0. The smallest absolute Gasteiger partial charge is 0.251 e. The highest BCUT2D eigenvalue weighted by atomic mass is 32.1. The number of aliphatic hydroxyl groups is 1. The number of amides is 2. The minimum absolute atomic E-state index is 0.139. The molecule has 0 bridgehead atoms. The predicted molar refractivity (Wildman–Crippen MR) is 77.7 cm³/mol. The molecule has 7 heteroatoms. The molecule has 1 atom stereocenters. The second kappa shape index (κ2) is 6.83. The molecule has 0 saturated carbocycles. The summed E-state index contributed by atoms with van der Waals surface area (Å²) in [5.41, 5.74) is 5.58. The van der Waals surface area contributed by atoms with Crippen LogP contribution in [0.25, 0.3) is 0 Å². The van der Waals surface area contributed by atoms with Crippen LogP contribution in [-0.2, 0) is 4.79 Å². The van der Waals surface area contributed by atoms with Gasteiger partial charge in [0.25, 0.3) is 5.91 Å². The van der Waals surface area contributed by atoms with Crippen LogP contribution in [0, 0.1) is 5.92 Å². The van der Waals surface area contributed by atoms with Gasteiger partial charge in [-0.2, -0.15) is 0 Å². The molecule has 0 spiro atoms. The zero-order valence-electron chi connectivity index (χ0n) is 11.2. The zero-order chi connectivity index (χ0) is 14.5. The molecular formula is C13H19N3O3S. The highest BCUT2D eigenvalue weighted by molar-refractivity contribution is 7.14. The number of likely N-dealkylation sites (tertiary alicyclic amines) is 1. The summed E-state index contributed by atoms with van der Waals surface area (Å²) in [5.74, 6) is -0.207. The van der Waals surface area contributed by atoms with Crippen LogP contribution in [0.15, 0.2) is 11.4 Å². The van der Waals surface area contributed by atoms with Gasteiger partial charge in [0, 0.05) is 13.2 Å². The van der Waals surface area contributed by atoms with Crippen molar-refractivity contribution in [3.63, 3.8) is 0 Å². The number of thiophene rings is 1. The minimum atomic E-state index is -0.536. The van der Waals surface area contributed by atoms with Gasteiger partial charge in [0.2, 0.25) is 5.91 Å². The molecule has 1 saturated heterocycles. The highest BCUT2D eigenvalue weighted by Crippen LogP contribution is 2.23. The summed E-state index contributed by atoms with van der Waals surface area (Å²) in [4.78, 5) is 25.2. The fourth-order valence-electron chi connectivity index (χ4n) is 2.44. The van der Waals surface area contributed by atoms with Gasteiger partial charge >= 0.3 is 0 Å². The van der Waals surface area contributed by atoms with E-state index in [0.29, 0.717) is 23.0 Å². The van der Waals surface area contributed by atoms with Crippen molar-refractivity contribution >= 4 is 28.2 Å². The van der Waals surface area contributed by atoms with Crippen molar-refractivity contribution in [2.45, 2.75) is 12.8 Å². The summed E-state index contributed by atoms with van der Waals surface area (Å²) in [6.07, 6.45) is 1.80. The lowest BCUT2D eigenvalue weighted by molar-refractivity contribution is -0.117. The Balaban J connectivity index is 1.84. The number of nitrogens with two attached hydrogens (primary N) is 1. The molecule has 0 radical (unpaired) electrons. The van der Waals surface area contributed by atoms with E-state index in [1.807, 2.05) is 0 Å². The topological polar surface area (TPSA) is 95.7 Å². The Morgan fingerprint density at radius 1 is 1.55 bits per heavy atom. The van der Waals surface area contributed by atoms with Crippen molar-refractivity contribution in [2.24, 2.45) is 11.7 Å². The number of hydrogen-bond donors (Lipinski definition) is 3. The van der Waals surface area contributed by atoms with E-state index >= 15 is 0 Å². The van der Waals surface area contributed by atoms with Crippen LogP contribution < -0.4 is 11.1 Å². The first-order chi connectivity index (χ1) is 9.60. The maximum absolute atomic E-state index is 12.0. The van der Waals surface area contributed by atoms with E-state index < -0.39 is 5.91 Å². The fourth-order valence-corrected chi connectivity index (χ4v) is 3.25. The Labute approximate surface area is 121 Å². The average Bonchev–Trinajstić information content (AvgIpc) is 2.99. The fraction of sp³-hybridized carbons (Fsp3) is 0.538. The largest absolute Gasteiger partial charge is 0.396 e. The van der Waals surface area contributed by atoms with Gasteiger partial charge in [-0.25, -0.2) is 0 Å². The van der Waals surface area contributed by atoms with Gasteiger partial charge < -0.3 is 16.2 Å². The summed E-state index contributed by atoms with van der Waals surface area (Å²) in [6, 6.07) is 1.61. The lowest BCUT2D eigenvalue weighted by Crippen LogP contribution is -2.32. The second-order valence-corrected chi connectivity index (χ2v) is 5.89. The van der Waals surface area contributed by atoms with E-state index in [1.165, 1.54) is 11.3 Å². The maximum atomic E-state index is 12.0. The van der Waals surface area contributed by atoms with Gasteiger partial charge in [0.15, 0.2) is 0 Å².